The highest BCUT2D eigenvalue weighted by molar-refractivity contribution is 6.34. The molecule has 2 atom stereocenters. The van der Waals surface area contributed by atoms with Crippen molar-refractivity contribution in [2.24, 2.45) is 5.92 Å². The van der Waals surface area contributed by atoms with Gasteiger partial charge in [0.2, 0.25) is 0 Å². The molecule has 1 aliphatic carbocycles. The molecule has 0 spiro atoms. The summed E-state index contributed by atoms with van der Waals surface area (Å²) in [6, 6.07) is 7.43. The molecule has 4 heteroatoms. The maximum Gasteiger partial charge on any atom is 0.152 e. The van der Waals surface area contributed by atoms with Crippen LogP contribution in [0, 0.1) is 5.92 Å². The number of fused-ring (bicyclic) bond motifs is 1. The Morgan fingerprint density at radius 1 is 1.47 bits per heavy atom. The first kappa shape index (κ1) is 13.0. The lowest BCUT2D eigenvalue weighted by Crippen LogP contribution is -2.24. The van der Waals surface area contributed by atoms with Crippen LogP contribution in [0.3, 0.4) is 0 Å². The number of ether oxygens (including phenoxy) is 1. The van der Waals surface area contributed by atoms with Crippen molar-refractivity contribution in [1.82, 2.24) is 0 Å². The highest BCUT2D eigenvalue weighted by Gasteiger charge is 2.38. The van der Waals surface area contributed by atoms with Gasteiger partial charge >= 0.3 is 0 Å². The predicted molar refractivity (Wildman–Crippen MR) is 74.3 cm³/mol. The molecule has 0 bridgehead atoms. The van der Waals surface area contributed by atoms with Gasteiger partial charge in [-0.2, -0.15) is 0 Å². The summed E-state index contributed by atoms with van der Waals surface area (Å²) in [4.78, 5) is 0. The molecule has 1 aliphatic rings. The zero-order chi connectivity index (χ0) is 13.4. The lowest BCUT2D eigenvalue weighted by atomic mass is 10.1. The molecule has 1 aromatic heterocycles. The van der Waals surface area contributed by atoms with Crippen LogP contribution in [0.2, 0.25) is 5.02 Å². The Hall–Kier alpha value is -1.03. The van der Waals surface area contributed by atoms with Crippen LogP contribution in [0.1, 0.15) is 31.6 Å². The van der Waals surface area contributed by atoms with E-state index in [9.17, 15) is 5.11 Å². The second-order valence-corrected chi connectivity index (χ2v) is 5.42. The van der Waals surface area contributed by atoms with Crippen molar-refractivity contribution < 1.29 is 14.3 Å². The summed E-state index contributed by atoms with van der Waals surface area (Å²) in [7, 11) is 0. The van der Waals surface area contributed by atoms with Crippen LogP contribution in [0.4, 0.5) is 0 Å². The molecule has 0 aliphatic heterocycles. The number of benzene rings is 1. The molecule has 0 amide bonds. The predicted octanol–water partition coefficient (Wildman–Crippen LogP) is 3.93. The molecule has 1 N–H and O–H groups in total. The molecule has 2 aromatic rings. The first-order chi connectivity index (χ1) is 9.20. The summed E-state index contributed by atoms with van der Waals surface area (Å²) in [6.07, 6.45) is 1.33. The van der Waals surface area contributed by atoms with Crippen molar-refractivity contribution in [2.75, 3.05) is 6.61 Å². The Kier molecular flexibility index (Phi) is 3.52. The molecular formula is C15H17ClO3. The van der Waals surface area contributed by atoms with Gasteiger partial charge < -0.3 is 14.3 Å². The van der Waals surface area contributed by atoms with Crippen LogP contribution in [0.25, 0.3) is 11.0 Å². The highest BCUT2D eigenvalue weighted by Crippen LogP contribution is 2.41. The number of rotatable bonds is 5. The third-order valence-corrected chi connectivity index (χ3v) is 3.86. The number of aliphatic hydroxyl groups is 1. The Morgan fingerprint density at radius 3 is 2.89 bits per heavy atom. The molecule has 1 saturated carbocycles. The number of hydrogen-bond donors (Lipinski definition) is 1. The third-order valence-electron chi connectivity index (χ3n) is 3.56. The highest BCUT2D eigenvalue weighted by atomic mass is 35.5. The molecule has 3 rings (SSSR count). The Bertz CT molecular complexity index is 574. The quantitative estimate of drug-likeness (QED) is 0.902. The van der Waals surface area contributed by atoms with Crippen LogP contribution in [0.15, 0.2) is 28.7 Å². The van der Waals surface area contributed by atoms with E-state index in [4.69, 9.17) is 20.8 Å². The van der Waals surface area contributed by atoms with E-state index in [-0.39, 0.29) is 6.10 Å². The zero-order valence-electron chi connectivity index (χ0n) is 10.8. The van der Waals surface area contributed by atoms with Crippen molar-refractivity contribution in [3.8, 4) is 0 Å². The molecule has 19 heavy (non-hydrogen) atoms. The fourth-order valence-electron chi connectivity index (χ4n) is 2.46. The van der Waals surface area contributed by atoms with Gasteiger partial charge in [-0.3, -0.25) is 0 Å². The molecule has 0 saturated heterocycles. The van der Waals surface area contributed by atoms with E-state index in [0.717, 1.165) is 18.2 Å². The smallest absolute Gasteiger partial charge is 0.152 e. The molecule has 1 aromatic carbocycles. The average molecular weight is 281 g/mol. The van der Waals surface area contributed by atoms with Crippen molar-refractivity contribution >= 4 is 22.6 Å². The number of furan rings is 1. The number of aliphatic hydroxyl groups excluding tert-OH is 1. The van der Waals surface area contributed by atoms with Gasteiger partial charge in [-0.15, -0.1) is 0 Å². The van der Waals surface area contributed by atoms with Gasteiger partial charge in [0.1, 0.15) is 11.9 Å². The zero-order valence-corrected chi connectivity index (χ0v) is 11.6. The van der Waals surface area contributed by atoms with Crippen molar-refractivity contribution in [3.63, 3.8) is 0 Å². The van der Waals surface area contributed by atoms with Crippen molar-refractivity contribution in [1.29, 1.82) is 0 Å². The molecule has 1 fully saturated rings. The summed E-state index contributed by atoms with van der Waals surface area (Å²) in [5.41, 5.74) is 0.629. The van der Waals surface area contributed by atoms with E-state index in [0.29, 0.717) is 28.9 Å². The Labute approximate surface area is 117 Å². The molecule has 0 radical (unpaired) electrons. The summed E-state index contributed by atoms with van der Waals surface area (Å²) < 4.78 is 11.4. The van der Waals surface area contributed by atoms with Gasteiger partial charge in [0.25, 0.3) is 0 Å². The lowest BCUT2D eigenvalue weighted by Gasteiger charge is -2.20. The molecular weight excluding hydrogens is 264 g/mol. The van der Waals surface area contributed by atoms with Crippen LogP contribution >= 0.6 is 11.6 Å². The van der Waals surface area contributed by atoms with E-state index in [2.05, 4.69) is 0 Å². The standard InChI is InChI=1S/C15H17ClO3/c1-2-18-15(9-6-7-9)13(17)12-8-10-4-3-5-11(16)14(10)19-12/h3-5,8-9,13,15,17H,2,6-7H2,1H3. The summed E-state index contributed by atoms with van der Waals surface area (Å²) >= 11 is 6.08. The largest absolute Gasteiger partial charge is 0.457 e. The number of para-hydroxylation sites is 1. The Morgan fingerprint density at radius 2 is 2.26 bits per heavy atom. The van der Waals surface area contributed by atoms with E-state index in [1.54, 1.807) is 6.07 Å². The van der Waals surface area contributed by atoms with Gasteiger partial charge in [0, 0.05) is 12.0 Å². The van der Waals surface area contributed by atoms with E-state index in [1.165, 1.54) is 0 Å². The summed E-state index contributed by atoms with van der Waals surface area (Å²) in [5.74, 6) is 0.979. The minimum Gasteiger partial charge on any atom is -0.457 e. The van der Waals surface area contributed by atoms with E-state index in [1.807, 2.05) is 25.1 Å². The van der Waals surface area contributed by atoms with E-state index < -0.39 is 6.10 Å². The lowest BCUT2D eigenvalue weighted by molar-refractivity contribution is -0.0538. The Balaban J connectivity index is 1.91. The average Bonchev–Trinajstić information content (AvgIpc) is 3.14. The fourth-order valence-corrected chi connectivity index (χ4v) is 2.68. The van der Waals surface area contributed by atoms with Gasteiger partial charge in [-0.25, -0.2) is 0 Å². The van der Waals surface area contributed by atoms with Crippen LogP contribution in [-0.4, -0.2) is 17.8 Å². The van der Waals surface area contributed by atoms with Crippen molar-refractivity contribution in [2.45, 2.75) is 32.0 Å². The minimum atomic E-state index is -0.726. The first-order valence-electron chi connectivity index (χ1n) is 6.68. The summed E-state index contributed by atoms with van der Waals surface area (Å²) in [5, 5.41) is 11.9. The number of halogens is 1. The number of hydrogen-bond acceptors (Lipinski definition) is 3. The van der Waals surface area contributed by atoms with Gasteiger partial charge in [-0.05, 0) is 37.8 Å². The van der Waals surface area contributed by atoms with Crippen LogP contribution in [-0.2, 0) is 4.74 Å². The van der Waals surface area contributed by atoms with Gasteiger partial charge in [-0.1, -0.05) is 23.7 Å². The monoisotopic (exact) mass is 280 g/mol. The molecule has 102 valence electrons. The third kappa shape index (κ3) is 2.50. The fraction of sp³-hybridized carbons (Fsp3) is 0.467. The van der Waals surface area contributed by atoms with E-state index >= 15 is 0 Å². The maximum absolute atomic E-state index is 10.5. The first-order valence-corrected chi connectivity index (χ1v) is 7.06. The topological polar surface area (TPSA) is 42.6 Å². The van der Waals surface area contributed by atoms with Crippen LogP contribution < -0.4 is 0 Å². The molecule has 2 unspecified atom stereocenters. The van der Waals surface area contributed by atoms with Gasteiger partial charge in [0.05, 0.1) is 11.1 Å². The second kappa shape index (κ2) is 5.16. The summed E-state index contributed by atoms with van der Waals surface area (Å²) in [6.45, 7) is 2.54. The van der Waals surface area contributed by atoms with Crippen LogP contribution in [0.5, 0.6) is 0 Å². The van der Waals surface area contributed by atoms with Gasteiger partial charge in [0.15, 0.2) is 5.58 Å². The normalized spacial score (nSPS) is 18.7. The molecule has 3 nitrogen and oxygen atoms in total. The SMILES string of the molecule is CCOC(C1CC1)C(O)c1cc2cccc(Cl)c2o1. The maximum atomic E-state index is 10.5. The molecule has 1 heterocycles. The minimum absolute atomic E-state index is 0.177. The second-order valence-electron chi connectivity index (χ2n) is 5.01. The van der Waals surface area contributed by atoms with Crippen molar-refractivity contribution in [3.05, 3.63) is 35.0 Å².